The zero-order valence-electron chi connectivity index (χ0n) is 9.50. The molecule has 0 unspecified atom stereocenters. The van der Waals surface area contributed by atoms with Crippen molar-refractivity contribution in [2.24, 2.45) is 0 Å². The molecule has 4 nitrogen and oxygen atoms in total. The Morgan fingerprint density at radius 3 is 2.40 bits per heavy atom. The van der Waals surface area contributed by atoms with Crippen molar-refractivity contribution < 1.29 is 4.92 Å². The summed E-state index contributed by atoms with van der Waals surface area (Å²) >= 11 is 0. The van der Waals surface area contributed by atoms with Crippen LogP contribution >= 0.6 is 0 Å². The molecule has 82 valence electrons. The molecule has 0 saturated carbocycles. The normalized spacial score (nSPS) is 11.2. The number of nitrogens with one attached hydrogen (secondary N) is 1. The molecule has 1 aromatic rings. The molecule has 15 heavy (non-hydrogen) atoms. The van der Waals surface area contributed by atoms with E-state index < -0.39 is 0 Å². The van der Waals surface area contributed by atoms with Gasteiger partial charge in [0.25, 0.3) is 5.69 Å². The van der Waals surface area contributed by atoms with Crippen LogP contribution in [0.3, 0.4) is 0 Å². The maximum absolute atomic E-state index is 10.7. The van der Waals surface area contributed by atoms with Gasteiger partial charge in [-0.05, 0) is 33.8 Å². The van der Waals surface area contributed by atoms with Gasteiger partial charge in [-0.2, -0.15) is 0 Å². The van der Waals surface area contributed by atoms with Crippen molar-refractivity contribution in [3.05, 3.63) is 33.9 Å². The zero-order chi connectivity index (χ0) is 11.6. The fourth-order valence-corrected chi connectivity index (χ4v) is 1.36. The Balaban J connectivity index is 3.10. The van der Waals surface area contributed by atoms with Gasteiger partial charge < -0.3 is 5.32 Å². The first-order valence-corrected chi connectivity index (χ1v) is 4.83. The predicted octanol–water partition coefficient (Wildman–Crippen LogP) is 3.11. The molecule has 0 aliphatic carbocycles. The maximum atomic E-state index is 10.7. The van der Waals surface area contributed by atoms with Crippen LogP contribution in [0.1, 0.15) is 26.3 Å². The second kappa shape index (κ2) is 3.88. The van der Waals surface area contributed by atoms with Crippen LogP contribution in [0.5, 0.6) is 0 Å². The standard InChI is InChI=1S/C11H16N2O2/c1-8-9(12-11(2,3)4)6-5-7-10(8)13(14)15/h5-7,12H,1-4H3. The number of anilines is 1. The topological polar surface area (TPSA) is 55.2 Å². The summed E-state index contributed by atoms with van der Waals surface area (Å²) < 4.78 is 0. The molecule has 0 heterocycles. The Labute approximate surface area is 89.5 Å². The summed E-state index contributed by atoms with van der Waals surface area (Å²) in [5, 5.41) is 14.0. The molecule has 0 atom stereocenters. The Bertz CT molecular complexity index is 381. The van der Waals surface area contributed by atoms with Crippen LogP contribution in [-0.4, -0.2) is 10.5 Å². The van der Waals surface area contributed by atoms with Gasteiger partial charge in [-0.15, -0.1) is 0 Å². The van der Waals surface area contributed by atoms with Crippen LogP contribution in [0.2, 0.25) is 0 Å². The summed E-state index contributed by atoms with van der Waals surface area (Å²) in [5.41, 5.74) is 1.55. The monoisotopic (exact) mass is 208 g/mol. The Hall–Kier alpha value is -1.58. The Morgan fingerprint density at radius 1 is 1.33 bits per heavy atom. The molecule has 0 fully saturated rings. The van der Waals surface area contributed by atoms with Crippen LogP contribution in [0.25, 0.3) is 0 Å². The van der Waals surface area contributed by atoms with E-state index in [0.717, 1.165) is 5.69 Å². The van der Waals surface area contributed by atoms with E-state index in [2.05, 4.69) is 5.32 Å². The van der Waals surface area contributed by atoms with E-state index in [9.17, 15) is 10.1 Å². The molecule has 0 aliphatic heterocycles. The number of nitro benzene ring substituents is 1. The van der Waals surface area contributed by atoms with Gasteiger partial charge in [0.2, 0.25) is 0 Å². The summed E-state index contributed by atoms with van der Waals surface area (Å²) in [6.45, 7) is 7.81. The first-order valence-electron chi connectivity index (χ1n) is 4.83. The largest absolute Gasteiger partial charge is 0.380 e. The van der Waals surface area contributed by atoms with Gasteiger partial charge in [0.05, 0.1) is 4.92 Å². The van der Waals surface area contributed by atoms with Gasteiger partial charge in [-0.3, -0.25) is 10.1 Å². The summed E-state index contributed by atoms with van der Waals surface area (Å²) in [5.74, 6) is 0. The zero-order valence-corrected chi connectivity index (χ0v) is 9.50. The van der Waals surface area contributed by atoms with Crippen molar-refractivity contribution in [2.45, 2.75) is 33.2 Å². The minimum atomic E-state index is -0.358. The molecular formula is C11H16N2O2. The van der Waals surface area contributed by atoms with E-state index in [0.29, 0.717) is 5.56 Å². The van der Waals surface area contributed by atoms with Gasteiger partial charge in [0, 0.05) is 22.9 Å². The molecule has 0 aliphatic rings. The molecular weight excluding hydrogens is 192 g/mol. The predicted molar refractivity (Wildman–Crippen MR) is 61.2 cm³/mol. The highest BCUT2D eigenvalue weighted by Gasteiger charge is 2.16. The number of nitro groups is 1. The second-order valence-electron chi connectivity index (χ2n) is 4.58. The first-order chi connectivity index (χ1) is 6.81. The molecule has 0 saturated heterocycles. The van der Waals surface area contributed by atoms with Crippen molar-refractivity contribution in [1.29, 1.82) is 0 Å². The summed E-state index contributed by atoms with van der Waals surface area (Å²) in [4.78, 5) is 10.4. The van der Waals surface area contributed by atoms with E-state index in [1.54, 1.807) is 13.0 Å². The molecule has 1 N–H and O–H groups in total. The highest BCUT2D eigenvalue weighted by Crippen LogP contribution is 2.27. The average molecular weight is 208 g/mol. The van der Waals surface area contributed by atoms with E-state index in [1.165, 1.54) is 6.07 Å². The van der Waals surface area contributed by atoms with Crippen molar-refractivity contribution in [1.82, 2.24) is 0 Å². The van der Waals surface area contributed by atoms with E-state index >= 15 is 0 Å². The van der Waals surface area contributed by atoms with Gasteiger partial charge in [0.15, 0.2) is 0 Å². The molecule has 0 radical (unpaired) electrons. The average Bonchev–Trinajstić information content (AvgIpc) is 2.05. The third-order valence-electron chi connectivity index (χ3n) is 2.01. The lowest BCUT2D eigenvalue weighted by Crippen LogP contribution is -2.26. The lowest BCUT2D eigenvalue weighted by molar-refractivity contribution is -0.385. The third-order valence-corrected chi connectivity index (χ3v) is 2.01. The maximum Gasteiger partial charge on any atom is 0.274 e. The number of rotatable bonds is 2. The summed E-state index contributed by atoms with van der Waals surface area (Å²) in [6, 6.07) is 5.07. The van der Waals surface area contributed by atoms with Crippen molar-refractivity contribution in [3.63, 3.8) is 0 Å². The second-order valence-corrected chi connectivity index (χ2v) is 4.58. The van der Waals surface area contributed by atoms with Crippen LogP contribution in [0.15, 0.2) is 18.2 Å². The number of hydrogen-bond donors (Lipinski definition) is 1. The fourth-order valence-electron chi connectivity index (χ4n) is 1.36. The SMILES string of the molecule is Cc1c(NC(C)(C)C)cccc1[N+](=O)[O-]. The van der Waals surface area contributed by atoms with Crippen molar-refractivity contribution in [3.8, 4) is 0 Å². The lowest BCUT2D eigenvalue weighted by Gasteiger charge is -2.23. The van der Waals surface area contributed by atoms with E-state index in [1.807, 2.05) is 26.8 Å². The van der Waals surface area contributed by atoms with Gasteiger partial charge in [-0.1, -0.05) is 6.07 Å². The third kappa shape index (κ3) is 2.94. The molecule has 1 aromatic carbocycles. The molecule has 0 aromatic heterocycles. The highest BCUT2D eigenvalue weighted by molar-refractivity contribution is 5.60. The Kier molecular flexibility index (Phi) is 2.98. The van der Waals surface area contributed by atoms with Crippen molar-refractivity contribution in [2.75, 3.05) is 5.32 Å². The van der Waals surface area contributed by atoms with Crippen molar-refractivity contribution >= 4 is 11.4 Å². The van der Waals surface area contributed by atoms with E-state index in [4.69, 9.17) is 0 Å². The molecule has 4 heteroatoms. The minimum absolute atomic E-state index is 0.0972. The van der Waals surface area contributed by atoms with Crippen LogP contribution < -0.4 is 5.32 Å². The van der Waals surface area contributed by atoms with Crippen LogP contribution in [-0.2, 0) is 0 Å². The molecule has 1 rings (SSSR count). The Morgan fingerprint density at radius 2 is 1.93 bits per heavy atom. The van der Waals surface area contributed by atoms with Gasteiger partial charge in [0.1, 0.15) is 0 Å². The fraction of sp³-hybridized carbons (Fsp3) is 0.455. The lowest BCUT2D eigenvalue weighted by atomic mass is 10.1. The quantitative estimate of drug-likeness (QED) is 0.600. The number of benzene rings is 1. The van der Waals surface area contributed by atoms with Gasteiger partial charge in [-0.25, -0.2) is 0 Å². The minimum Gasteiger partial charge on any atom is -0.380 e. The first kappa shape index (κ1) is 11.5. The van der Waals surface area contributed by atoms with Crippen LogP contribution in [0, 0.1) is 17.0 Å². The molecule has 0 spiro atoms. The van der Waals surface area contributed by atoms with E-state index in [-0.39, 0.29) is 16.1 Å². The number of nitrogens with zero attached hydrogens (tertiary/aromatic N) is 1. The summed E-state index contributed by atoms with van der Waals surface area (Å²) in [7, 11) is 0. The smallest absolute Gasteiger partial charge is 0.274 e. The highest BCUT2D eigenvalue weighted by atomic mass is 16.6. The summed E-state index contributed by atoms with van der Waals surface area (Å²) in [6.07, 6.45) is 0. The molecule has 0 bridgehead atoms. The van der Waals surface area contributed by atoms with Gasteiger partial charge >= 0.3 is 0 Å². The molecule has 0 amide bonds. The van der Waals surface area contributed by atoms with Crippen LogP contribution in [0.4, 0.5) is 11.4 Å². The number of hydrogen-bond acceptors (Lipinski definition) is 3.